The Morgan fingerprint density at radius 1 is 1.14 bits per heavy atom. The van der Waals surface area contributed by atoms with Crippen LogP contribution in [0, 0.1) is 5.92 Å². The van der Waals surface area contributed by atoms with Crippen molar-refractivity contribution in [3.63, 3.8) is 0 Å². The second kappa shape index (κ2) is 8.94. The molecule has 0 aliphatic rings. The molecule has 124 valence electrons. The third kappa shape index (κ3) is 6.18. The van der Waals surface area contributed by atoms with Crippen LogP contribution in [-0.4, -0.2) is 30.4 Å². The summed E-state index contributed by atoms with van der Waals surface area (Å²) in [5.74, 6) is 0.751. The average Bonchev–Trinajstić information content (AvgIpc) is 2.46. The second-order valence-corrected chi connectivity index (χ2v) is 6.80. The Morgan fingerprint density at radius 2 is 1.73 bits per heavy atom. The number of likely N-dealkylation sites (N-methyl/N-ethyl adjacent to an activating group) is 1. The Balaban J connectivity index is 2.53. The minimum absolute atomic E-state index is 0.0472. The SMILES string of the molecule is CC[C@H](C)N(C)CC(=O)N[C@@H](C)c1ccc(CC(C)C)cc1. The van der Waals surface area contributed by atoms with Gasteiger partial charge in [-0.15, -0.1) is 0 Å². The molecule has 22 heavy (non-hydrogen) atoms. The van der Waals surface area contributed by atoms with Crippen LogP contribution in [0.2, 0.25) is 0 Å². The molecule has 0 heterocycles. The number of nitrogens with one attached hydrogen (secondary N) is 1. The van der Waals surface area contributed by atoms with Crippen LogP contribution >= 0.6 is 0 Å². The van der Waals surface area contributed by atoms with Crippen molar-refractivity contribution in [2.24, 2.45) is 5.92 Å². The lowest BCUT2D eigenvalue weighted by Crippen LogP contribution is -2.40. The van der Waals surface area contributed by atoms with Crippen LogP contribution < -0.4 is 5.32 Å². The van der Waals surface area contributed by atoms with Crippen LogP contribution in [-0.2, 0) is 11.2 Å². The van der Waals surface area contributed by atoms with Crippen LogP contribution in [0.5, 0.6) is 0 Å². The van der Waals surface area contributed by atoms with Gasteiger partial charge < -0.3 is 5.32 Å². The molecule has 1 rings (SSSR count). The predicted molar refractivity (Wildman–Crippen MR) is 93.9 cm³/mol. The van der Waals surface area contributed by atoms with E-state index in [0.29, 0.717) is 18.5 Å². The fourth-order valence-corrected chi connectivity index (χ4v) is 2.48. The number of rotatable bonds is 8. The van der Waals surface area contributed by atoms with Gasteiger partial charge in [0, 0.05) is 6.04 Å². The third-order valence-corrected chi connectivity index (χ3v) is 4.24. The smallest absolute Gasteiger partial charge is 0.234 e. The molecule has 0 unspecified atom stereocenters. The van der Waals surface area contributed by atoms with Crippen molar-refractivity contribution in [2.45, 2.75) is 59.5 Å². The van der Waals surface area contributed by atoms with Crippen LogP contribution in [0.4, 0.5) is 0 Å². The first-order valence-corrected chi connectivity index (χ1v) is 8.41. The maximum atomic E-state index is 12.1. The molecular weight excluding hydrogens is 272 g/mol. The van der Waals surface area contributed by atoms with E-state index in [1.54, 1.807) is 0 Å². The van der Waals surface area contributed by atoms with Crippen molar-refractivity contribution < 1.29 is 4.79 Å². The molecule has 1 aromatic rings. The Kier molecular flexibility index (Phi) is 7.60. The molecule has 3 nitrogen and oxygen atoms in total. The van der Waals surface area contributed by atoms with E-state index in [1.165, 1.54) is 5.56 Å². The molecule has 0 radical (unpaired) electrons. The van der Waals surface area contributed by atoms with E-state index >= 15 is 0 Å². The van der Waals surface area contributed by atoms with Gasteiger partial charge in [0.15, 0.2) is 0 Å². The van der Waals surface area contributed by atoms with Gasteiger partial charge in [0.25, 0.3) is 0 Å². The Labute approximate surface area is 136 Å². The summed E-state index contributed by atoms with van der Waals surface area (Å²) in [6, 6.07) is 9.07. The van der Waals surface area contributed by atoms with Crippen molar-refractivity contribution >= 4 is 5.91 Å². The Bertz CT molecular complexity index is 453. The molecule has 3 heteroatoms. The highest BCUT2D eigenvalue weighted by atomic mass is 16.2. The van der Waals surface area contributed by atoms with Crippen LogP contribution in [0.25, 0.3) is 0 Å². The van der Waals surface area contributed by atoms with Gasteiger partial charge in [-0.2, -0.15) is 0 Å². The largest absolute Gasteiger partial charge is 0.348 e. The molecule has 1 N–H and O–H groups in total. The van der Waals surface area contributed by atoms with Gasteiger partial charge in [-0.05, 0) is 50.8 Å². The second-order valence-electron chi connectivity index (χ2n) is 6.80. The van der Waals surface area contributed by atoms with E-state index in [4.69, 9.17) is 0 Å². The van der Waals surface area contributed by atoms with E-state index in [0.717, 1.165) is 18.4 Å². The summed E-state index contributed by atoms with van der Waals surface area (Å²) in [7, 11) is 2.00. The monoisotopic (exact) mass is 304 g/mol. The third-order valence-electron chi connectivity index (χ3n) is 4.24. The molecule has 1 amide bonds. The lowest BCUT2D eigenvalue weighted by atomic mass is 10.00. The molecule has 0 aromatic heterocycles. The van der Waals surface area contributed by atoms with Crippen LogP contribution in [0.1, 0.15) is 58.2 Å². The lowest BCUT2D eigenvalue weighted by molar-refractivity contribution is -0.123. The van der Waals surface area contributed by atoms with Crippen LogP contribution in [0.3, 0.4) is 0 Å². The highest BCUT2D eigenvalue weighted by molar-refractivity contribution is 5.78. The molecule has 0 saturated carbocycles. The number of amides is 1. The van der Waals surface area contributed by atoms with Gasteiger partial charge in [-0.3, -0.25) is 9.69 Å². The first-order chi connectivity index (χ1) is 10.3. The molecular formula is C19H32N2O. The minimum atomic E-state index is 0.0472. The number of nitrogens with zero attached hydrogens (tertiary/aromatic N) is 1. The number of hydrogen-bond acceptors (Lipinski definition) is 2. The molecule has 0 aliphatic carbocycles. The summed E-state index contributed by atoms with van der Waals surface area (Å²) in [5.41, 5.74) is 2.51. The Hall–Kier alpha value is -1.35. The van der Waals surface area contributed by atoms with E-state index in [1.807, 2.05) is 14.0 Å². The number of carbonyl (C=O) groups is 1. The van der Waals surface area contributed by atoms with Crippen molar-refractivity contribution in [1.29, 1.82) is 0 Å². The highest BCUT2D eigenvalue weighted by Gasteiger charge is 2.14. The summed E-state index contributed by atoms with van der Waals surface area (Å²) in [6.45, 7) is 11.2. The fourth-order valence-electron chi connectivity index (χ4n) is 2.48. The van der Waals surface area contributed by atoms with Gasteiger partial charge in [0.05, 0.1) is 12.6 Å². The number of carbonyl (C=O) groups excluding carboxylic acids is 1. The quantitative estimate of drug-likeness (QED) is 0.792. The van der Waals surface area contributed by atoms with Gasteiger partial charge in [-0.25, -0.2) is 0 Å². The number of benzene rings is 1. The van der Waals surface area contributed by atoms with E-state index in [9.17, 15) is 4.79 Å². The minimum Gasteiger partial charge on any atom is -0.348 e. The average molecular weight is 304 g/mol. The first kappa shape index (κ1) is 18.7. The van der Waals surface area contributed by atoms with Crippen molar-refractivity contribution in [1.82, 2.24) is 10.2 Å². The maximum absolute atomic E-state index is 12.1. The fraction of sp³-hybridized carbons (Fsp3) is 0.632. The summed E-state index contributed by atoms with van der Waals surface area (Å²) in [4.78, 5) is 14.2. The van der Waals surface area contributed by atoms with E-state index < -0.39 is 0 Å². The van der Waals surface area contributed by atoms with Gasteiger partial charge >= 0.3 is 0 Å². The Morgan fingerprint density at radius 3 is 2.23 bits per heavy atom. The van der Waals surface area contributed by atoms with Crippen molar-refractivity contribution in [3.05, 3.63) is 35.4 Å². The summed E-state index contributed by atoms with van der Waals surface area (Å²) in [5, 5.41) is 3.09. The molecule has 0 saturated heterocycles. The molecule has 1 aromatic carbocycles. The first-order valence-electron chi connectivity index (χ1n) is 8.41. The number of hydrogen-bond donors (Lipinski definition) is 1. The topological polar surface area (TPSA) is 32.3 Å². The summed E-state index contributed by atoms with van der Waals surface area (Å²) < 4.78 is 0. The maximum Gasteiger partial charge on any atom is 0.234 e. The normalized spacial score (nSPS) is 14.2. The van der Waals surface area contributed by atoms with Gasteiger partial charge in [-0.1, -0.05) is 45.0 Å². The lowest BCUT2D eigenvalue weighted by Gasteiger charge is -2.24. The van der Waals surface area contributed by atoms with E-state index in [2.05, 4.69) is 62.2 Å². The van der Waals surface area contributed by atoms with E-state index in [-0.39, 0.29) is 11.9 Å². The zero-order valence-corrected chi connectivity index (χ0v) is 15.0. The van der Waals surface area contributed by atoms with Crippen LogP contribution in [0.15, 0.2) is 24.3 Å². The molecule has 0 aliphatic heterocycles. The highest BCUT2D eigenvalue weighted by Crippen LogP contribution is 2.15. The summed E-state index contributed by atoms with van der Waals surface area (Å²) in [6.07, 6.45) is 2.15. The molecule has 2 atom stereocenters. The van der Waals surface area contributed by atoms with Gasteiger partial charge in [0.1, 0.15) is 0 Å². The summed E-state index contributed by atoms with van der Waals surface area (Å²) >= 11 is 0. The zero-order chi connectivity index (χ0) is 16.7. The van der Waals surface area contributed by atoms with Crippen molar-refractivity contribution in [3.8, 4) is 0 Å². The predicted octanol–water partition coefficient (Wildman–Crippen LogP) is 3.79. The van der Waals surface area contributed by atoms with Crippen molar-refractivity contribution in [2.75, 3.05) is 13.6 Å². The molecule has 0 spiro atoms. The van der Waals surface area contributed by atoms with Gasteiger partial charge in [0.2, 0.25) is 5.91 Å². The standard InChI is InChI=1S/C19H32N2O/c1-7-15(4)21(6)13-19(22)20-16(5)18-10-8-17(9-11-18)12-14(2)3/h8-11,14-16H,7,12-13H2,1-6H3,(H,20,22)/t15-,16-/m0/s1. The zero-order valence-electron chi connectivity index (χ0n) is 15.0. The molecule has 0 bridgehead atoms. The molecule has 0 fully saturated rings.